The fourth-order valence-electron chi connectivity index (χ4n) is 3.19. The monoisotopic (exact) mass is 367 g/mol. The highest BCUT2D eigenvalue weighted by molar-refractivity contribution is 8.00. The van der Waals surface area contributed by atoms with Crippen molar-refractivity contribution in [1.29, 1.82) is 0 Å². The molecule has 0 fully saturated rings. The number of hydrogen-bond acceptors (Lipinski definition) is 3. The largest absolute Gasteiger partial charge is 0.494 e. The van der Waals surface area contributed by atoms with Crippen LogP contribution in [0.25, 0.3) is 0 Å². The van der Waals surface area contributed by atoms with Crippen molar-refractivity contribution in [2.45, 2.75) is 4.75 Å². The highest BCUT2D eigenvalue weighted by Crippen LogP contribution is 2.48. The average Bonchev–Trinajstić information content (AvgIpc) is 2.70. The zero-order valence-electron chi connectivity index (χ0n) is 14.7. The molecule has 0 aliphatic rings. The summed E-state index contributed by atoms with van der Waals surface area (Å²) in [6, 6.07) is 25.5. The zero-order chi connectivity index (χ0) is 18.4. The van der Waals surface area contributed by atoms with Gasteiger partial charge in [0.2, 0.25) is 0 Å². The molecule has 0 unspecified atom stereocenters. The van der Waals surface area contributed by atoms with Gasteiger partial charge < -0.3 is 10.5 Å². The Morgan fingerprint density at radius 3 is 1.92 bits per heavy atom. The predicted octanol–water partition coefficient (Wildman–Crippen LogP) is 4.82. The van der Waals surface area contributed by atoms with Crippen molar-refractivity contribution >= 4 is 11.8 Å². The van der Waals surface area contributed by atoms with E-state index in [1.807, 2.05) is 42.5 Å². The molecule has 0 saturated heterocycles. The third-order valence-electron chi connectivity index (χ3n) is 4.36. The Hall–Kier alpha value is -2.30. The van der Waals surface area contributed by atoms with Crippen LogP contribution in [0.5, 0.6) is 5.75 Å². The first kappa shape index (κ1) is 18.5. The number of nitrogens with two attached hydrogens (primary N) is 1. The lowest BCUT2D eigenvalue weighted by Crippen LogP contribution is -2.27. The molecule has 2 N–H and O–H groups in total. The van der Waals surface area contributed by atoms with E-state index in [4.69, 9.17) is 10.5 Å². The molecule has 0 aromatic heterocycles. The molecule has 0 bridgehead atoms. The summed E-state index contributed by atoms with van der Waals surface area (Å²) in [5.74, 6) is 0.624. The SMILES string of the molecule is COc1ccc(C(SCCN)(c2ccccc2)c2ccccc2)cc1F. The van der Waals surface area contributed by atoms with Crippen LogP contribution in [0.2, 0.25) is 0 Å². The Kier molecular flexibility index (Phi) is 5.96. The standard InChI is InChI=1S/C22H22FNOS/c1-25-21-13-12-19(16-20(21)23)22(26-15-14-24,17-8-4-2-5-9-17)18-10-6-3-7-11-18/h2-13,16H,14-15,24H2,1H3. The summed E-state index contributed by atoms with van der Waals surface area (Å²) >= 11 is 1.72. The van der Waals surface area contributed by atoms with Crippen LogP contribution < -0.4 is 10.5 Å². The third kappa shape index (κ3) is 3.48. The second-order valence-electron chi connectivity index (χ2n) is 5.90. The third-order valence-corrected chi connectivity index (χ3v) is 5.94. The van der Waals surface area contributed by atoms with Crippen LogP contribution in [-0.2, 0) is 4.75 Å². The fourth-order valence-corrected chi connectivity index (χ4v) is 4.52. The number of thioether (sulfide) groups is 1. The molecular weight excluding hydrogens is 345 g/mol. The van der Waals surface area contributed by atoms with E-state index in [-0.39, 0.29) is 11.6 Å². The van der Waals surface area contributed by atoms with E-state index in [1.54, 1.807) is 23.9 Å². The van der Waals surface area contributed by atoms with Gasteiger partial charge in [-0.05, 0) is 28.8 Å². The zero-order valence-corrected chi connectivity index (χ0v) is 15.5. The van der Waals surface area contributed by atoms with E-state index in [9.17, 15) is 4.39 Å². The molecule has 0 atom stereocenters. The van der Waals surface area contributed by atoms with Gasteiger partial charge in [-0.3, -0.25) is 0 Å². The molecule has 26 heavy (non-hydrogen) atoms. The molecule has 0 amide bonds. The molecule has 3 aromatic carbocycles. The molecule has 0 heterocycles. The molecule has 0 radical (unpaired) electrons. The summed E-state index contributed by atoms with van der Waals surface area (Å²) in [6.07, 6.45) is 0. The number of rotatable bonds is 7. The minimum Gasteiger partial charge on any atom is -0.494 e. The first-order chi connectivity index (χ1) is 12.7. The molecular formula is C22H22FNOS. The van der Waals surface area contributed by atoms with Gasteiger partial charge >= 0.3 is 0 Å². The summed E-state index contributed by atoms with van der Waals surface area (Å²) < 4.78 is 19.1. The van der Waals surface area contributed by atoms with Gasteiger partial charge in [0.1, 0.15) is 0 Å². The highest BCUT2D eigenvalue weighted by Gasteiger charge is 2.37. The van der Waals surface area contributed by atoms with Gasteiger partial charge in [0.05, 0.1) is 11.9 Å². The second kappa shape index (κ2) is 8.39. The Morgan fingerprint density at radius 2 is 1.46 bits per heavy atom. The van der Waals surface area contributed by atoms with Crippen LogP contribution in [0, 0.1) is 5.82 Å². The first-order valence-corrected chi connectivity index (χ1v) is 9.50. The molecule has 3 rings (SSSR count). The van der Waals surface area contributed by atoms with Gasteiger partial charge in [0.15, 0.2) is 11.6 Å². The normalized spacial score (nSPS) is 11.3. The number of halogens is 1. The van der Waals surface area contributed by atoms with Crippen molar-refractivity contribution in [3.63, 3.8) is 0 Å². The summed E-state index contributed by atoms with van der Waals surface area (Å²) in [4.78, 5) is 0. The number of hydrogen-bond donors (Lipinski definition) is 1. The summed E-state index contributed by atoms with van der Waals surface area (Å²) in [6.45, 7) is 0.546. The van der Waals surface area contributed by atoms with E-state index < -0.39 is 4.75 Å². The van der Waals surface area contributed by atoms with Crippen LogP contribution in [0.1, 0.15) is 16.7 Å². The van der Waals surface area contributed by atoms with Crippen molar-refractivity contribution in [1.82, 2.24) is 0 Å². The summed E-state index contributed by atoms with van der Waals surface area (Å²) in [5, 5.41) is 0. The van der Waals surface area contributed by atoms with Crippen LogP contribution in [0.3, 0.4) is 0 Å². The minimum absolute atomic E-state index is 0.243. The Labute approximate surface area is 158 Å². The van der Waals surface area contributed by atoms with Gasteiger partial charge in [-0.25, -0.2) is 4.39 Å². The van der Waals surface area contributed by atoms with E-state index >= 15 is 0 Å². The highest BCUT2D eigenvalue weighted by atomic mass is 32.2. The van der Waals surface area contributed by atoms with Crippen molar-refractivity contribution < 1.29 is 9.13 Å². The smallest absolute Gasteiger partial charge is 0.165 e. The van der Waals surface area contributed by atoms with Crippen LogP contribution in [0.4, 0.5) is 4.39 Å². The number of ether oxygens (including phenoxy) is 1. The molecule has 4 heteroatoms. The lowest BCUT2D eigenvalue weighted by atomic mass is 9.84. The lowest BCUT2D eigenvalue weighted by molar-refractivity contribution is 0.386. The van der Waals surface area contributed by atoms with Gasteiger partial charge in [-0.2, -0.15) is 0 Å². The first-order valence-electron chi connectivity index (χ1n) is 8.51. The molecule has 134 valence electrons. The van der Waals surface area contributed by atoms with Crippen molar-refractivity contribution in [3.8, 4) is 5.75 Å². The van der Waals surface area contributed by atoms with Gasteiger partial charge in [0, 0.05) is 12.3 Å². The molecule has 0 spiro atoms. The lowest BCUT2D eigenvalue weighted by Gasteiger charge is -2.35. The maximum Gasteiger partial charge on any atom is 0.165 e. The molecule has 2 nitrogen and oxygen atoms in total. The average molecular weight is 367 g/mol. The maximum atomic E-state index is 14.6. The van der Waals surface area contributed by atoms with Crippen LogP contribution in [0.15, 0.2) is 78.9 Å². The molecule has 0 saturated carbocycles. The molecule has 3 aromatic rings. The summed E-state index contributed by atoms with van der Waals surface area (Å²) in [5.41, 5.74) is 8.88. The van der Waals surface area contributed by atoms with Crippen LogP contribution >= 0.6 is 11.8 Å². The number of benzene rings is 3. The minimum atomic E-state index is -0.547. The van der Waals surface area contributed by atoms with Crippen LogP contribution in [-0.4, -0.2) is 19.4 Å². The molecule has 0 aliphatic heterocycles. The van der Waals surface area contributed by atoms with E-state index in [2.05, 4.69) is 24.3 Å². The Bertz CT molecular complexity index is 800. The maximum absolute atomic E-state index is 14.6. The van der Waals surface area contributed by atoms with Crippen molar-refractivity contribution in [3.05, 3.63) is 101 Å². The van der Waals surface area contributed by atoms with Gasteiger partial charge in [-0.1, -0.05) is 66.7 Å². The fraction of sp³-hybridized carbons (Fsp3) is 0.182. The van der Waals surface area contributed by atoms with E-state index in [0.29, 0.717) is 6.54 Å². The van der Waals surface area contributed by atoms with Crippen molar-refractivity contribution in [2.75, 3.05) is 19.4 Å². The second-order valence-corrected chi connectivity index (χ2v) is 7.21. The van der Waals surface area contributed by atoms with Gasteiger partial charge in [-0.15, -0.1) is 11.8 Å². The number of methoxy groups -OCH3 is 1. The molecule has 0 aliphatic carbocycles. The predicted molar refractivity (Wildman–Crippen MR) is 107 cm³/mol. The topological polar surface area (TPSA) is 35.2 Å². The summed E-state index contributed by atoms with van der Waals surface area (Å²) in [7, 11) is 1.48. The van der Waals surface area contributed by atoms with E-state index in [1.165, 1.54) is 7.11 Å². The van der Waals surface area contributed by atoms with Crippen molar-refractivity contribution in [2.24, 2.45) is 5.73 Å². The quantitative estimate of drug-likeness (QED) is 0.608. The Balaban J connectivity index is 2.28. The Morgan fingerprint density at radius 1 is 0.885 bits per heavy atom. The van der Waals surface area contributed by atoms with Gasteiger partial charge in [0.25, 0.3) is 0 Å². The van der Waals surface area contributed by atoms with E-state index in [0.717, 1.165) is 22.4 Å².